The summed E-state index contributed by atoms with van der Waals surface area (Å²) >= 11 is 0. The molecule has 3 N–H and O–H groups in total. The van der Waals surface area contributed by atoms with E-state index in [2.05, 4.69) is 5.32 Å². The van der Waals surface area contributed by atoms with Gasteiger partial charge in [-0.3, -0.25) is 4.79 Å². The van der Waals surface area contributed by atoms with Gasteiger partial charge in [-0.1, -0.05) is 0 Å². The Kier molecular flexibility index (Phi) is 2.32. The van der Waals surface area contributed by atoms with Crippen LogP contribution in [-0.4, -0.2) is 18.1 Å². The molecule has 0 spiro atoms. The highest BCUT2D eigenvalue weighted by molar-refractivity contribution is 5.97. The van der Waals surface area contributed by atoms with Gasteiger partial charge in [0.2, 0.25) is 5.91 Å². The summed E-state index contributed by atoms with van der Waals surface area (Å²) in [6.45, 7) is 1.67. The number of amides is 1. The van der Waals surface area contributed by atoms with Crippen LogP contribution in [-0.2, 0) is 4.79 Å². The average Bonchev–Trinajstić information content (AvgIpc) is 2.29. The predicted molar refractivity (Wildman–Crippen MR) is 53.1 cm³/mol. The van der Waals surface area contributed by atoms with Crippen molar-refractivity contribution in [3.8, 4) is 5.75 Å². The Bertz CT molecular complexity index is 408. The number of ether oxygens (including phenoxy) is 1. The van der Waals surface area contributed by atoms with Crippen LogP contribution in [0.5, 0.6) is 5.75 Å². The summed E-state index contributed by atoms with van der Waals surface area (Å²) < 4.78 is 18.3. The number of benzene rings is 1. The van der Waals surface area contributed by atoms with Crippen LogP contribution in [0, 0.1) is 5.82 Å². The number of rotatable bonds is 0. The summed E-state index contributed by atoms with van der Waals surface area (Å²) in [5.74, 6) is -0.428. The highest BCUT2D eigenvalue weighted by atomic mass is 19.1. The van der Waals surface area contributed by atoms with E-state index in [9.17, 15) is 9.18 Å². The molecule has 4 nitrogen and oxygen atoms in total. The Morgan fingerprint density at radius 3 is 3.00 bits per heavy atom. The molecule has 1 aliphatic rings. The first-order valence-electron chi connectivity index (χ1n) is 4.60. The third-order valence-corrected chi connectivity index (χ3v) is 2.32. The van der Waals surface area contributed by atoms with Crippen LogP contribution < -0.4 is 15.8 Å². The third kappa shape index (κ3) is 1.78. The maximum atomic E-state index is 12.9. The van der Waals surface area contributed by atoms with E-state index in [4.69, 9.17) is 10.5 Å². The van der Waals surface area contributed by atoms with Crippen molar-refractivity contribution in [3.63, 3.8) is 0 Å². The minimum Gasteiger partial charge on any atom is -0.486 e. The zero-order valence-corrected chi connectivity index (χ0v) is 8.16. The van der Waals surface area contributed by atoms with E-state index in [1.165, 1.54) is 18.2 Å². The van der Waals surface area contributed by atoms with Crippen LogP contribution in [0.2, 0.25) is 0 Å². The lowest BCUT2D eigenvalue weighted by Crippen LogP contribution is -2.44. The molecule has 0 aliphatic carbocycles. The quantitative estimate of drug-likeness (QED) is 0.667. The normalized spacial score (nSPS) is 24.9. The second-order valence-corrected chi connectivity index (χ2v) is 3.48. The van der Waals surface area contributed by atoms with Gasteiger partial charge in [-0.15, -0.1) is 0 Å². The van der Waals surface area contributed by atoms with E-state index in [1.54, 1.807) is 6.92 Å². The summed E-state index contributed by atoms with van der Waals surface area (Å²) in [7, 11) is 0. The van der Waals surface area contributed by atoms with Gasteiger partial charge in [-0.2, -0.15) is 0 Å². The number of nitrogens with one attached hydrogen (secondary N) is 1. The van der Waals surface area contributed by atoms with Gasteiger partial charge in [0.05, 0.1) is 5.69 Å². The zero-order valence-electron chi connectivity index (χ0n) is 8.16. The van der Waals surface area contributed by atoms with Crippen molar-refractivity contribution in [2.24, 2.45) is 5.73 Å². The fourth-order valence-corrected chi connectivity index (χ4v) is 1.40. The lowest BCUT2D eigenvalue weighted by atomic mass is 10.2. The smallest absolute Gasteiger partial charge is 0.245 e. The second-order valence-electron chi connectivity index (χ2n) is 3.48. The molecule has 15 heavy (non-hydrogen) atoms. The Morgan fingerprint density at radius 1 is 1.53 bits per heavy atom. The molecule has 0 fully saturated rings. The Hall–Kier alpha value is -1.62. The van der Waals surface area contributed by atoms with Gasteiger partial charge in [0, 0.05) is 6.07 Å². The summed E-state index contributed by atoms with van der Waals surface area (Å²) in [5, 5.41) is 2.57. The number of halogens is 1. The van der Waals surface area contributed by atoms with Crippen LogP contribution in [0.15, 0.2) is 18.2 Å². The minimum atomic E-state index is -0.750. The van der Waals surface area contributed by atoms with E-state index in [0.717, 1.165) is 0 Å². The second kappa shape index (κ2) is 3.51. The maximum absolute atomic E-state index is 12.9. The molecule has 1 heterocycles. The van der Waals surface area contributed by atoms with Gasteiger partial charge < -0.3 is 15.8 Å². The number of carbonyl (C=O) groups is 1. The Morgan fingerprint density at radius 2 is 2.27 bits per heavy atom. The topological polar surface area (TPSA) is 64.3 Å². The van der Waals surface area contributed by atoms with Crippen LogP contribution in [0.3, 0.4) is 0 Å². The van der Waals surface area contributed by atoms with Crippen LogP contribution in [0.4, 0.5) is 10.1 Å². The number of hydrogen-bond donors (Lipinski definition) is 2. The molecule has 0 unspecified atom stereocenters. The van der Waals surface area contributed by atoms with Gasteiger partial charge in [0.15, 0.2) is 0 Å². The van der Waals surface area contributed by atoms with Gasteiger partial charge in [-0.05, 0) is 19.1 Å². The SMILES string of the molecule is C[C@@H]1Oc2cc(F)ccc2NC(=O)[C@@H]1N. The lowest BCUT2D eigenvalue weighted by molar-refractivity contribution is -0.118. The molecular weight excluding hydrogens is 199 g/mol. The zero-order chi connectivity index (χ0) is 11.0. The van der Waals surface area contributed by atoms with Gasteiger partial charge in [0.1, 0.15) is 23.7 Å². The standard InChI is InChI=1S/C10H11FN2O2/c1-5-9(12)10(14)13-7-3-2-6(11)4-8(7)15-5/h2-5,9H,12H2,1H3,(H,13,14)/t5-,9+/m0/s1. The number of hydrogen-bond acceptors (Lipinski definition) is 3. The van der Waals surface area contributed by atoms with Crippen molar-refractivity contribution in [2.75, 3.05) is 5.32 Å². The molecule has 80 valence electrons. The summed E-state index contributed by atoms with van der Waals surface area (Å²) in [4.78, 5) is 11.5. The molecule has 1 amide bonds. The molecule has 0 radical (unpaired) electrons. The fraction of sp³-hybridized carbons (Fsp3) is 0.300. The van der Waals surface area contributed by atoms with Crippen molar-refractivity contribution in [1.29, 1.82) is 0 Å². The minimum absolute atomic E-state index is 0.309. The van der Waals surface area contributed by atoms with E-state index in [0.29, 0.717) is 11.4 Å². The van der Waals surface area contributed by atoms with Crippen molar-refractivity contribution in [2.45, 2.75) is 19.1 Å². The van der Waals surface area contributed by atoms with Gasteiger partial charge in [-0.25, -0.2) is 4.39 Å². The Labute approximate surface area is 86.2 Å². The van der Waals surface area contributed by atoms with E-state index in [-0.39, 0.29) is 5.91 Å². The molecule has 5 heteroatoms. The van der Waals surface area contributed by atoms with Crippen LogP contribution in [0.25, 0.3) is 0 Å². The molecule has 2 rings (SSSR count). The molecule has 0 bridgehead atoms. The van der Waals surface area contributed by atoms with Crippen molar-refractivity contribution in [3.05, 3.63) is 24.0 Å². The lowest BCUT2D eigenvalue weighted by Gasteiger charge is -2.15. The molecule has 1 aromatic carbocycles. The van der Waals surface area contributed by atoms with Crippen molar-refractivity contribution in [1.82, 2.24) is 0 Å². The van der Waals surface area contributed by atoms with E-state index >= 15 is 0 Å². The molecule has 1 aromatic rings. The molecule has 0 saturated carbocycles. The number of fused-ring (bicyclic) bond motifs is 1. The van der Waals surface area contributed by atoms with E-state index in [1.807, 2.05) is 0 Å². The molecule has 2 atom stereocenters. The Balaban J connectivity index is 2.42. The highest BCUT2D eigenvalue weighted by Crippen LogP contribution is 2.29. The predicted octanol–water partition coefficient (Wildman–Crippen LogP) is 0.872. The van der Waals surface area contributed by atoms with Crippen LogP contribution in [0.1, 0.15) is 6.92 Å². The van der Waals surface area contributed by atoms with Gasteiger partial charge >= 0.3 is 0 Å². The fourth-order valence-electron chi connectivity index (χ4n) is 1.40. The number of nitrogens with two attached hydrogens (primary N) is 1. The molecular formula is C10H11FN2O2. The van der Waals surface area contributed by atoms with Crippen molar-refractivity contribution < 1.29 is 13.9 Å². The molecule has 1 aliphatic heterocycles. The summed E-state index contributed by atoms with van der Waals surface area (Å²) in [5.41, 5.74) is 6.05. The first-order valence-corrected chi connectivity index (χ1v) is 4.60. The first kappa shape index (κ1) is 9.92. The van der Waals surface area contributed by atoms with Crippen LogP contribution >= 0.6 is 0 Å². The largest absolute Gasteiger partial charge is 0.486 e. The van der Waals surface area contributed by atoms with Gasteiger partial charge in [0.25, 0.3) is 0 Å². The molecule has 0 saturated heterocycles. The number of carbonyl (C=O) groups excluding carboxylic acids is 1. The average molecular weight is 210 g/mol. The first-order chi connectivity index (χ1) is 7.08. The summed E-state index contributed by atoms with van der Waals surface area (Å²) in [6, 6.07) is 3.18. The number of anilines is 1. The highest BCUT2D eigenvalue weighted by Gasteiger charge is 2.27. The monoisotopic (exact) mass is 210 g/mol. The maximum Gasteiger partial charge on any atom is 0.245 e. The summed E-state index contributed by atoms with van der Waals surface area (Å²) in [6.07, 6.45) is -0.479. The third-order valence-electron chi connectivity index (χ3n) is 2.32. The molecule has 0 aromatic heterocycles. The van der Waals surface area contributed by atoms with E-state index < -0.39 is 18.0 Å². The van der Waals surface area contributed by atoms with Crippen molar-refractivity contribution >= 4 is 11.6 Å².